The van der Waals surface area contributed by atoms with Gasteiger partial charge in [0.05, 0.1) is 0 Å². The van der Waals surface area contributed by atoms with E-state index in [-0.39, 0.29) is 0 Å². The van der Waals surface area contributed by atoms with Gasteiger partial charge in [0.2, 0.25) is 5.91 Å². The molecule has 1 aromatic rings. The molecule has 0 spiro atoms. The number of aliphatic carboxylic acids is 2. The average molecular weight is 536 g/mol. The number of hydrogen-bond acceptors (Lipinski definition) is 6. The molecule has 2 aliphatic heterocycles. The van der Waals surface area contributed by atoms with Gasteiger partial charge in [0.15, 0.2) is 0 Å². The molecule has 3 rings (SSSR count). The first-order chi connectivity index (χ1) is 16.0. The average Bonchev–Trinajstić information content (AvgIpc) is 3.37. The molecule has 2 N–H and O–H groups in total. The second-order valence-corrected chi connectivity index (χ2v) is 9.04. The number of rotatable bonds is 5. The van der Waals surface area contributed by atoms with E-state index in [2.05, 4.69) is 46.3 Å². The Kier molecular flexibility index (Phi) is 11.4. The summed E-state index contributed by atoms with van der Waals surface area (Å²) in [6.07, 6.45) is -7.28. The van der Waals surface area contributed by atoms with Crippen LogP contribution in [0, 0.1) is 0 Å². The highest BCUT2D eigenvalue weighted by Crippen LogP contribution is 2.32. The third-order valence-corrected chi connectivity index (χ3v) is 6.07. The van der Waals surface area contributed by atoms with Gasteiger partial charge in [-0.25, -0.2) is 9.59 Å². The van der Waals surface area contributed by atoms with Gasteiger partial charge in [-0.15, -0.1) is 11.3 Å². The van der Waals surface area contributed by atoms with Crippen molar-refractivity contribution in [2.24, 2.45) is 0 Å². The van der Waals surface area contributed by atoms with E-state index in [0.29, 0.717) is 18.0 Å². The number of alkyl halides is 6. The summed E-state index contributed by atoms with van der Waals surface area (Å²) >= 11 is 1.84. The summed E-state index contributed by atoms with van der Waals surface area (Å²) in [5.41, 5.74) is 0. The fraction of sp³-hybridized carbons (Fsp3) is 0.650. The molecule has 35 heavy (non-hydrogen) atoms. The molecule has 3 heterocycles. The molecule has 0 saturated carbocycles. The number of likely N-dealkylation sites (N-methyl/N-ethyl adjacent to an activating group) is 1. The third-order valence-electron chi connectivity index (χ3n) is 5.21. The Morgan fingerprint density at radius 2 is 1.60 bits per heavy atom. The molecule has 200 valence electrons. The summed E-state index contributed by atoms with van der Waals surface area (Å²) in [4.78, 5) is 38.4. The van der Waals surface area contributed by atoms with Crippen LogP contribution in [0.2, 0.25) is 0 Å². The van der Waals surface area contributed by atoms with Gasteiger partial charge >= 0.3 is 24.3 Å². The quantitative estimate of drug-likeness (QED) is 0.559. The van der Waals surface area contributed by atoms with Crippen molar-refractivity contribution in [3.8, 4) is 0 Å². The van der Waals surface area contributed by atoms with Gasteiger partial charge in [0, 0.05) is 49.6 Å². The van der Waals surface area contributed by atoms with Gasteiger partial charge in [-0.05, 0) is 38.4 Å². The number of piperidine rings is 1. The first-order valence-electron chi connectivity index (χ1n) is 10.3. The van der Waals surface area contributed by atoms with Crippen molar-refractivity contribution in [1.82, 2.24) is 14.7 Å². The number of carbonyl (C=O) groups excluding carboxylic acids is 1. The molecule has 0 aromatic carbocycles. The summed E-state index contributed by atoms with van der Waals surface area (Å²) in [7, 11) is 4.15. The molecule has 8 nitrogen and oxygen atoms in total. The summed E-state index contributed by atoms with van der Waals surface area (Å²) in [6, 6.07) is 5.34. The van der Waals surface area contributed by atoms with Crippen molar-refractivity contribution in [3.63, 3.8) is 0 Å². The monoisotopic (exact) mass is 535 g/mol. The summed E-state index contributed by atoms with van der Waals surface area (Å²) in [5.74, 6) is -5.16. The van der Waals surface area contributed by atoms with Gasteiger partial charge in [-0.2, -0.15) is 26.3 Å². The maximum absolute atomic E-state index is 12.3. The predicted octanol–water partition coefficient (Wildman–Crippen LogP) is 3.14. The number of nitrogens with zero attached hydrogens (tertiary/aromatic N) is 3. The minimum absolute atomic E-state index is 0.357. The van der Waals surface area contributed by atoms with Crippen molar-refractivity contribution in [2.45, 2.75) is 50.2 Å². The Labute approximate surface area is 201 Å². The smallest absolute Gasteiger partial charge is 0.475 e. The topological polar surface area (TPSA) is 101 Å². The Morgan fingerprint density at radius 3 is 2.03 bits per heavy atom. The van der Waals surface area contributed by atoms with Crippen molar-refractivity contribution >= 4 is 29.2 Å². The lowest BCUT2D eigenvalue weighted by atomic mass is 9.96. The molecular formula is C20H27F6N3O5S. The summed E-state index contributed by atoms with van der Waals surface area (Å²) in [5, 5.41) is 16.4. The maximum atomic E-state index is 12.3. The number of likely N-dealkylation sites (tertiary alicyclic amines) is 2. The van der Waals surface area contributed by atoms with Crippen LogP contribution >= 0.6 is 11.3 Å². The van der Waals surface area contributed by atoms with Crippen molar-refractivity contribution in [3.05, 3.63) is 22.4 Å². The van der Waals surface area contributed by atoms with E-state index < -0.39 is 24.3 Å². The van der Waals surface area contributed by atoms with Gasteiger partial charge in [-0.1, -0.05) is 6.07 Å². The normalized spacial score (nSPS) is 20.5. The van der Waals surface area contributed by atoms with E-state index in [1.165, 1.54) is 4.88 Å². The maximum Gasteiger partial charge on any atom is 0.490 e. The molecule has 2 fully saturated rings. The molecule has 2 aliphatic rings. The molecule has 1 aromatic heterocycles. The fourth-order valence-electron chi connectivity index (χ4n) is 3.64. The number of carboxylic acids is 2. The number of thiophene rings is 1. The molecule has 0 unspecified atom stereocenters. The lowest BCUT2D eigenvalue weighted by Crippen LogP contribution is -2.53. The van der Waals surface area contributed by atoms with Gasteiger partial charge in [0.25, 0.3) is 0 Å². The molecular weight excluding hydrogens is 508 g/mol. The van der Waals surface area contributed by atoms with Crippen LogP contribution in [0.15, 0.2) is 17.5 Å². The second kappa shape index (κ2) is 13.1. The van der Waals surface area contributed by atoms with Crippen LogP contribution in [-0.2, 0) is 20.9 Å². The van der Waals surface area contributed by atoms with Gasteiger partial charge < -0.3 is 20.0 Å². The molecule has 2 atom stereocenters. The van der Waals surface area contributed by atoms with Crippen LogP contribution < -0.4 is 0 Å². The standard InChI is InChI=1S/C16H25N3OS.2C2HF3O2/c1-17(2)9-10-19-15-7-8-18(12-13-4-3-11-21-13)14(15)5-6-16(19)20;2*3-2(4,5)1(6)7/h3-4,11,14-15H,5-10,12H2,1-2H3;2*(H,6,7)/t14-,15-;;/m1../s1. The van der Waals surface area contributed by atoms with Crippen molar-refractivity contribution in [1.29, 1.82) is 0 Å². The SMILES string of the molecule is CN(C)CCN1C(=O)CC[C@@H]2[C@H]1CCN2Cc1cccs1.O=C(O)C(F)(F)F.O=C(O)C(F)(F)F. The number of amides is 1. The Morgan fingerprint density at radius 1 is 1.06 bits per heavy atom. The van der Waals surface area contributed by atoms with Crippen LogP contribution in [0.4, 0.5) is 26.3 Å². The predicted molar refractivity (Wildman–Crippen MR) is 114 cm³/mol. The zero-order valence-corrected chi connectivity index (χ0v) is 19.8. The van der Waals surface area contributed by atoms with Crippen molar-refractivity contribution in [2.75, 3.05) is 33.7 Å². The summed E-state index contributed by atoms with van der Waals surface area (Å²) in [6.45, 7) is 4.01. The van der Waals surface area contributed by atoms with Crippen LogP contribution in [0.25, 0.3) is 0 Å². The van der Waals surface area contributed by atoms with Crippen LogP contribution in [0.5, 0.6) is 0 Å². The van der Waals surface area contributed by atoms with Crippen LogP contribution in [-0.4, -0.2) is 101 Å². The highest BCUT2D eigenvalue weighted by atomic mass is 32.1. The largest absolute Gasteiger partial charge is 0.490 e. The van der Waals surface area contributed by atoms with E-state index in [1.54, 1.807) is 0 Å². The second-order valence-electron chi connectivity index (χ2n) is 8.01. The fourth-order valence-corrected chi connectivity index (χ4v) is 4.36. The number of halogens is 6. The number of carbonyl (C=O) groups is 3. The van der Waals surface area contributed by atoms with Crippen LogP contribution in [0.3, 0.4) is 0 Å². The van der Waals surface area contributed by atoms with E-state index in [4.69, 9.17) is 19.8 Å². The van der Waals surface area contributed by atoms with Crippen LogP contribution in [0.1, 0.15) is 24.1 Å². The van der Waals surface area contributed by atoms with Gasteiger partial charge in [-0.3, -0.25) is 9.69 Å². The number of hydrogen-bond donors (Lipinski definition) is 2. The van der Waals surface area contributed by atoms with E-state index in [9.17, 15) is 31.1 Å². The third kappa shape index (κ3) is 10.4. The first kappa shape index (κ1) is 30.6. The molecule has 1 amide bonds. The zero-order chi connectivity index (χ0) is 27.0. The Balaban J connectivity index is 0.000000362. The molecule has 2 saturated heterocycles. The minimum Gasteiger partial charge on any atom is -0.475 e. The highest BCUT2D eigenvalue weighted by Gasteiger charge is 2.42. The summed E-state index contributed by atoms with van der Waals surface area (Å²) < 4.78 is 63.5. The number of carboxylic acid groups (broad SMARTS) is 2. The van der Waals surface area contributed by atoms with E-state index >= 15 is 0 Å². The highest BCUT2D eigenvalue weighted by molar-refractivity contribution is 7.09. The first-order valence-corrected chi connectivity index (χ1v) is 11.2. The molecule has 15 heteroatoms. The molecule has 0 aliphatic carbocycles. The van der Waals surface area contributed by atoms with Gasteiger partial charge in [0.1, 0.15) is 0 Å². The Bertz CT molecular complexity index is 808. The molecule has 0 radical (unpaired) electrons. The number of fused-ring (bicyclic) bond motifs is 1. The lowest BCUT2D eigenvalue weighted by Gasteiger charge is -2.40. The molecule has 0 bridgehead atoms. The van der Waals surface area contributed by atoms with E-state index in [1.807, 2.05) is 11.3 Å². The zero-order valence-electron chi connectivity index (χ0n) is 19.0. The Hall–Kier alpha value is -2.39. The van der Waals surface area contributed by atoms with E-state index in [0.717, 1.165) is 45.4 Å². The van der Waals surface area contributed by atoms with Crippen molar-refractivity contribution < 1.29 is 50.9 Å². The minimum atomic E-state index is -5.08. The lowest BCUT2D eigenvalue weighted by molar-refractivity contribution is -0.193.